The molecule has 4 aromatic carbocycles. The first-order chi connectivity index (χ1) is 22.6. The molecule has 0 spiro atoms. The number of ketones is 1. The first-order valence-electron chi connectivity index (χ1n) is 13.8. The number of hydrogen-bond acceptors (Lipinski definition) is 10. The van der Waals surface area contributed by atoms with Gasteiger partial charge in [-0.25, -0.2) is 0 Å². The van der Waals surface area contributed by atoms with Gasteiger partial charge in [-0.1, -0.05) is 30.3 Å². The maximum atomic E-state index is 10.5. The molecule has 0 aromatic heterocycles. The molecule has 3 N–H and O–H groups in total. The van der Waals surface area contributed by atoms with Crippen LogP contribution >= 0.6 is 0 Å². The summed E-state index contributed by atoms with van der Waals surface area (Å²) in [6, 6.07) is 28.4. The molecular formula is C36H39NO10. The van der Waals surface area contributed by atoms with Gasteiger partial charge in [0.05, 0.1) is 26.9 Å². The van der Waals surface area contributed by atoms with Crippen LogP contribution in [0.4, 0.5) is 5.69 Å². The van der Waals surface area contributed by atoms with Crippen molar-refractivity contribution >= 4 is 42.6 Å². The first kappa shape index (κ1) is 40.9. The van der Waals surface area contributed by atoms with E-state index in [0.29, 0.717) is 40.3 Å². The van der Waals surface area contributed by atoms with E-state index >= 15 is 0 Å². The second-order valence-corrected chi connectivity index (χ2v) is 9.03. The van der Waals surface area contributed by atoms with Gasteiger partial charge < -0.3 is 29.8 Å². The lowest BCUT2D eigenvalue weighted by Crippen LogP contribution is -2.00. The van der Waals surface area contributed by atoms with E-state index in [1.54, 1.807) is 80.9 Å². The normalized spacial score (nSPS) is 8.85. The number of nitrogen functional groups attached to an aromatic ring is 1. The maximum Gasteiger partial charge on any atom is 0.310 e. The van der Waals surface area contributed by atoms with E-state index in [4.69, 9.17) is 25.1 Å². The third-order valence-corrected chi connectivity index (χ3v) is 5.45. The number of Topliss-reactive ketones (excluding diaryl/α,β-unsaturated/α-hetero) is 1. The van der Waals surface area contributed by atoms with Gasteiger partial charge in [0.15, 0.2) is 6.29 Å². The molecule has 0 bridgehead atoms. The zero-order valence-electron chi connectivity index (χ0n) is 26.7. The predicted molar refractivity (Wildman–Crippen MR) is 179 cm³/mol. The van der Waals surface area contributed by atoms with Crippen LogP contribution in [0.25, 0.3) is 0 Å². The molecule has 0 unspecified atom stereocenters. The summed E-state index contributed by atoms with van der Waals surface area (Å²) in [4.78, 5) is 60.2. The molecule has 47 heavy (non-hydrogen) atoms. The van der Waals surface area contributed by atoms with Gasteiger partial charge in [0, 0.05) is 23.2 Å². The second-order valence-electron chi connectivity index (χ2n) is 9.03. The highest BCUT2D eigenvalue weighted by molar-refractivity contribution is 5.93. The summed E-state index contributed by atoms with van der Waals surface area (Å²) < 4.78 is 14.8. The average Bonchev–Trinajstić information content (AvgIpc) is 3.09. The zero-order valence-corrected chi connectivity index (χ0v) is 26.7. The Kier molecular flexibility index (Phi) is 22.0. The average molecular weight is 646 g/mol. The van der Waals surface area contributed by atoms with E-state index in [-0.39, 0.29) is 12.2 Å². The minimum atomic E-state index is -1.06. The third-order valence-electron chi connectivity index (χ3n) is 5.45. The Morgan fingerprint density at radius 2 is 1.19 bits per heavy atom. The summed E-state index contributed by atoms with van der Waals surface area (Å²) in [6.45, 7) is 1.24. The van der Waals surface area contributed by atoms with Gasteiger partial charge in [0.1, 0.15) is 48.3 Å². The molecule has 4 rings (SSSR count). The Hall–Kier alpha value is -6.10. The number of carboxylic acid groups (broad SMARTS) is 1. The number of hydrogen-bond donors (Lipinski definition) is 2. The number of carboxylic acids is 1. The number of rotatable bonds is 10. The van der Waals surface area contributed by atoms with Crippen LogP contribution < -0.4 is 19.9 Å². The van der Waals surface area contributed by atoms with E-state index in [9.17, 15) is 28.8 Å². The second kappa shape index (κ2) is 25.2. The molecule has 0 aliphatic carbocycles. The fraction of sp³-hybridized carbons (Fsp3) is 0.167. The van der Waals surface area contributed by atoms with Gasteiger partial charge >= 0.3 is 5.97 Å². The molecule has 0 saturated carbocycles. The van der Waals surface area contributed by atoms with Crippen molar-refractivity contribution in [1.29, 1.82) is 0 Å². The topological polar surface area (TPSA) is 176 Å². The quantitative estimate of drug-likeness (QED) is 0.125. The van der Waals surface area contributed by atoms with E-state index < -0.39 is 5.97 Å². The van der Waals surface area contributed by atoms with Crippen LogP contribution in [0.15, 0.2) is 97.1 Å². The van der Waals surface area contributed by atoms with E-state index in [0.717, 1.165) is 36.5 Å². The molecular weight excluding hydrogens is 606 g/mol. The smallest absolute Gasteiger partial charge is 0.310 e. The zero-order chi connectivity index (χ0) is 35.5. The number of aliphatic carboxylic acids is 1. The van der Waals surface area contributed by atoms with Crippen molar-refractivity contribution in [2.75, 3.05) is 27.1 Å². The van der Waals surface area contributed by atoms with Crippen molar-refractivity contribution in [2.24, 2.45) is 0 Å². The van der Waals surface area contributed by atoms with Crippen LogP contribution in [0, 0.1) is 0 Å². The van der Waals surface area contributed by atoms with Gasteiger partial charge in [0.25, 0.3) is 0 Å². The number of carbonyl (C=O) groups is 6. The summed E-state index contributed by atoms with van der Waals surface area (Å²) in [5.41, 5.74) is 8.94. The highest BCUT2D eigenvalue weighted by Crippen LogP contribution is 2.21. The SMILES string of the molecule is CC(=O)CC(=O)O.COc1ccc(C=O)cc1.COc1ccc(OC)c(C=O)c1.Nc1ccc(C=O)cc1.O=CCc1ccccc1. The molecule has 11 nitrogen and oxygen atoms in total. The number of benzene rings is 4. The summed E-state index contributed by atoms with van der Waals surface area (Å²) in [5.74, 6) is 0.606. The molecule has 11 heteroatoms. The number of carbonyl (C=O) groups excluding carboxylic acids is 5. The van der Waals surface area contributed by atoms with Crippen molar-refractivity contribution in [3.05, 3.63) is 119 Å². The molecule has 0 atom stereocenters. The molecule has 0 radical (unpaired) electrons. The first-order valence-corrected chi connectivity index (χ1v) is 13.8. The van der Waals surface area contributed by atoms with Crippen LogP contribution in [-0.4, -0.2) is 63.3 Å². The summed E-state index contributed by atoms with van der Waals surface area (Å²) >= 11 is 0. The minimum Gasteiger partial charge on any atom is -0.497 e. The molecule has 4 aromatic rings. The van der Waals surface area contributed by atoms with Crippen molar-refractivity contribution in [3.63, 3.8) is 0 Å². The molecule has 0 aliphatic rings. The Balaban J connectivity index is 0.000000569. The van der Waals surface area contributed by atoms with Crippen LogP contribution in [0.2, 0.25) is 0 Å². The Morgan fingerprint density at radius 3 is 1.57 bits per heavy atom. The number of ether oxygens (including phenoxy) is 3. The summed E-state index contributed by atoms with van der Waals surface area (Å²) in [5, 5.41) is 7.86. The molecule has 0 heterocycles. The lowest BCUT2D eigenvalue weighted by molar-refractivity contribution is -0.139. The third kappa shape index (κ3) is 19.7. The predicted octanol–water partition coefficient (Wildman–Crippen LogP) is 5.58. The Morgan fingerprint density at radius 1 is 0.681 bits per heavy atom. The van der Waals surface area contributed by atoms with E-state index in [1.165, 1.54) is 14.0 Å². The standard InChI is InChI=1S/C9H10O3.C8H8O2.C8H8O.C7H7NO.C4H6O3/c1-11-8-3-4-9(12-2)7(5-8)6-10;1-10-8-4-2-7(6-9)3-5-8;9-7-6-8-4-2-1-3-5-8;8-7-3-1-6(5-9)2-4-7;1-3(5)2-4(6)7/h3-6H,1-2H3;2-6H,1H3;1-5,7H,6H2;1-5H,8H2;2H2,1H3,(H,6,7). The van der Waals surface area contributed by atoms with Gasteiger partial charge in [-0.05, 0) is 79.2 Å². The molecule has 0 amide bonds. The van der Waals surface area contributed by atoms with E-state index in [1.807, 2.05) is 30.3 Å². The number of nitrogens with two attached hydrogens (primary N) is 1. The fourth-order valence-electron chi connectivity index (χ4n) is 3.11. The van der Waals surface area contributed by atoms with Crippen LogP contribution in [0.1, 0.15) is 50.0 Å². The van der Waals surface area contributed by atoms with Crippen molar-refractivity contribution in [2.45, 2.75) is 19.8 Å². The number of aldehydes is 4. The highest BCUT2D eigenvalue weighted by atomic mass is 16.5. The highest BCUT2D eigenvalue weighted by Gasteiger charge is 2.02. The van der Waals surface area contributed by atoms with Crippen LogP contribution in [0.3, 0.4) is 0 Å². The monoisotopic (exact) mass is 645 g/mol. The van der Waals surface area contributed by atoms with Gasteiger partial charge in [-0.3, -0.25) is 24.0 Å². The van der Waals surface area contributed by atoms with Crippen molar-refractivity contribution in [1.82, 2.24) is 0 Å². The van der Waals surface area contributed by atoms with Crippen LogP contribution in [-0.2, 0) is 20.8 Å². The molecule has 248 valence electrons. The summed E-state index contributed by atoms with van der Waals surface area (Å²) in [7, 11) is 4.67. The Labute approximate surface area is 273 Å². The lowest BCUT2D eigenvalue weighted by Gasteiger charge is -2.04. The van der Waals surface area contributed by atoms with Gasteiger partial charge in [0.2, 0.25) is 0 Å². The molecule has 0 aliphatic heterocycles. The maximum absolute atomic E-state index is 10.5. The number of anilines is 1. The van der Waals surface area contributed by atoms with Crippen LogP contribution in [0.5, 0.6) is 17.2 Å². The minimum absolute atomic E-state index is 0.312. The largest absolute Gasteiger partial charge is 0.497 e. The molecule has 0 fully saturated rings. The molecule has 0 saturated heterocycles. The summed E-state index contributed by atoms with van der Waals surface area (Å²) in [6.07, 6.45) is 3.41. The van der Waals surface area contributed by atoms with E-state index in [2.05, 4.69) is 0 Å². The Bertz CT molecular complexity index is 1490. The van der Waals surface area contributed by atoms with Gasteiger partial charge in [-0.15, -0.1) is 0 Å². The lowest BCUT2D eigenvalue weighted by atomic mass is 10.2. The van der Waals surface area contributed by atoms with Crippen molar-refractivity contribution in [3.8, 4) is 17.2 Å². The van der Waals surface area contributed by atoms with Gasteiger partial charge in [-0.2, -0.15) is 0 Å². The number of methoxy groups -OCH3 is 3. The fourth-order valence-corrected chi connectivity index (χ4v) is 3.11. The van der Waals surface area contributed by atoms with Crippen molar-refractivity contribution < 1.29 is 48.1 Å².